The maximum absolute atomic E-state index is 12.7. The van der Waals surface area contributed by atoms with Crippen LogP contribution in [-0.4, -0.2) is 43.3 Å². The third-order valence-electron chi connectivity index (χ3n) is 3.55. The van der Waals surface area contributed by atoms with E-state index >= 15 is 0 Å². The van der Waals surface area contributed by atoms with E-state index in [0.29, 0.717) is 10.6 Å². The van der Waals surface area contributed by atoms with Crippen LogP contribution in [0.15, 0.2) is 18.2 Å². The molecule has 1 aromatic carbocycles. The molecule has 0 saturated heterocycles. The van der Waals surface area contributed by atoms with Gasteiger partial charge in [-0.15, -0.1) is 0 Å². The van der Waals surface area contributed by atoms with Crippen LogP contribution in [0.4, 0.5) is 0 Å². The Balaban J connectivity index is 2.27. The van der Waals surface area contributed by atoms with Crippen molar-refractivity contribution in [3.63, 3.8) is 0 Å². The minimum absolute atomic E-state index is 0.0290. The first-order valence-electron chi connectivity index (χ1n) is 6.95. The molecule has 1 amide bonds. The van der Waals surface area contributed by atoms with Crippen molar-refractivity contribution in [2.24, 2.45) is 0 Å². The quantitative estimate of drug-likeness (QED) is 0.834. The molecule has 21 heavy (non-hydrogen) atoms. The van der Waals surface area contributed by atoms with Gasteiger partial charge >= 0.3 is 0 Å². The van der Waals surface area contributed by atoms with E-state index in [1.165, 1.54) is 6.26 Å². The average Bonchev–Trinajstić information content (AvgIpc) is 3.10. The number of carbonyl (C=O) groups is 1. The van der Waals surface area contributed by atoms with Crippen LogP contribution < -0.4 is 0 Å². The van der Waals surface area contributed by atoms with Crippen LogP contribution in [0.25, 0.3) is 0 Å². The third kappa shape index (κ3) is 4.20. The lowest BCUT2D eigenvalue weighted by Gasteiger charge is -2.29. The molecule has 2 rings (SSSR count). The van der Waals surface area contributed by atoms with Crippen molar-refractivity contribution in [2.75, 3.05) is 12.0 Å². The molecule has 0 radical (unpaired) electrons. The molecule has 6 heteroatoms. The van der Waals surface area contributed by atoms with Crippen molar-refractivity contribution in [1.82, 2.24) is 4.90 Å². The summed E-state index contributed by atoms with van der Waals surface area (Å²) in [6.07, 6.45) is 3.03. The van der Waals surface area contributed by atoms with Gasteiger partial charge in [0, 0.05) is 18.3 Å². The molecule has 1 unspecified atom stereocenters. The molecule has 1 aromatic rings. The second-order valence-electron chi connectivity index (χ2n) is 5.87. The van der Waals surface area contributed by atoms with Gasteiger partial charge in [0.1, 0.15) is 9.84 Å². The van der Waals surface area contributed by atoms with Gasteiger partial charge in [0.05, 0.1) is 16.3 Å². The van der Waals surface area contributed by atoms with Gasteiger partial charge in [-0.1, -0.05) is 17.7 Å². The van der Waals surface area contributed by atoms with Gasteiger partial charge in [-0.3, -0.25) is 4.79 Å². The molecule has 1 aliphatic carbocycles. The number of sulfone groups is 1. The maximum atomic E-state index is 12.7. The van der Waals surface area contributed by atoms with Crippen LogP contribution in [0.1, 0.15) is 35.7 Å². The number of nitrogens with zero attached hydrogens (tertiary/aromatic N) is 1. The van der Waals surface area contributed by atoms with Gasteiger partial charge < -0.3 is 4.90 Å². The van der Waals surface area contributed by atoms with Gasteiger partial charge in [0.25, 0.3) is 5.91 Å². The van der Waals surface area contributed by atoms with Gasteiger partial charge in [0.15, 0.2) is 0 Å². The lowest BCUT2D eigenvalue weighted by molar-refractivity contribution is 0.0693. The largest absolute Gasteiger partial charge is 0.332 e. The van der Waals surface area contributed by atoms with Gasteiger partial charge in [-0.25, -0.2) is 8.42 Å². The molecule has 0 aliphatic heterocycles. The van der Waals surface area contributed by atoms with Crippen molar-refractivity contribution in [1.29, 1.82) is 0 Å². The highest BCUT2D eigenvalue weighted by Gasteiger charge is 2.37. The molecule has 0 aromatic heterocycles. The Morgan fingerprint density at radius 1 is 1.43 bits per heavy atom. The van der Waals surface area contributed by atoms with Gasteiger partial charge in [-0.05, 0) is 44.4 Å². The first-order valence-corrected chi connectivity index (χ1v) is 9.39. The first kappa shape index (κ1) is 16.3. The van der Waals surface area contributed by atoms with Crippen molar-refractivity contribution in [2.45, 2.75) is 38.8 Å². The Bertz CT molecular complexity index is 653. The van der Waals surface area contributed by atoms with Crippen LogP contribution in [0.2, 0.25) is 5.02 Å². The zero-order valence-corrected chi connectivity index (χ0v) is 14.0. The fourth-order valence-corrected chi connectivity index (χ4v) is 3.88. The smallest absolute Gasteiger partial charge is 0.255 e. The summed E-state index contributed by atoms with van der Waals surface area (Å²) in [5, 5.41) is 0.414. The molecule has 1 fully saturated rings. The molecule has 0 heterocycles. The maximum Gasteiger partial charge on any atom is 0.255 e. The second kappa shape index (κ2) is 5.97. The molecule has 1 atom stereocenters. The van der Waals surface area contributed by atoms with E-state index < -0.39 is 9.84 Å². The van der Waals surface area contributed by atoms with E-state index in [9.17, 15) is 13.2 Å². The van der Waals surface area contributed by atoms with E-state index in [-0.39, 0.29) is 23.7 Å². The Morgan fingerprint density at radius 3 is 2.52 bits per heavy atom. The lowest BCUT2D eigenvalue weighted by Crippen LogP contribution is -2.43. The van der Waals surface area contributed by atoms with Gasteiger partial charge in [-0.2, -0.15) is 0 Å². The molecule has 0 N–H and O–H groups in total. The zero-order chi connectivity index (χ0) is 15.8. The fraction of sp³-hybridized carbons (Fsp3) is 0.533. The van der Waals surface area contributed by atoms with Crippen LogP contribution >= 0.6 is 11.6 Å². The predicted octanol–water partition coefficient (Wildman–Crippen LogP) is 2.69. The van der Waals surface area contributed by atoms with Crippen molar-refractivity contribution in [3.8, 4) is 0 Å². The standard InChI is InChI=1S/C15H20ClNO3S/c1-10-4-7-13(14(16)8-10)15(18)17(12-5-6-12)11(2)9-21(3,19)20/h4,7-8,11-12H,5-6,9H2,1-3H3. The number of benzene rings is 1. The predicted molar refractivity (Wildman–Crippen MR) is 84.6 cm³/mol. The summed E-state index contributed by atoms with van der Waals surface area (Å²) >= 11 is 6.17. The SMILES string of the molecule is Cc1ccc(C(=O)N(C(C)CS(C)(=O)=O)C2CC2)c(Cl)c1. The third-order valence-corrected chi connectivity index (χ3v) is 4.95. The summed E-state index contributed by atoms with van der Waals surface area (Å²) in [6.45, 7) is 3.68. The average molecular weight is 330 g/mol. The molecule has 0 bridgehead atoms. The van der Waals surface area contributed by atoms with Crippen molar-refractivity contribution >= 4 is 27.3 Å². The summed E-state index contributed by atoms with van der Waals surface area (Å²) in [4.78, 5) is 14.4. The highest BCUT2D eigenvalue weighted by molar-refractivity contribution is 7.90. The van der Waals surface area contributed by atoms with E-state index in [1.54, 1.807) is 24.0 Å². The molecule has 1 saturated carbocycles. The summed E-state index contributed by atoms with van der Waals surface area (Å²) < 4.78 is 23.0. The minimum Gasteiger partial charge on any atom is -0.332 e. The summed E-state index contributed by atoms with van der Waals surface area (Å²) in [5.41, 5.74) is 1.42. The lowest BCUT2D eigenvalue weighted by atomic mass is 10.1. The van der Waals surface area contributed by atoms with Crippen LogP contribution in [-0.2, 0) is 9.84 Å². The molecule has 116 valence electrons. The number of aryl methyl sites for hydroxylation is 1. The Labute approximate surface area is 131 Å². The normalized spacial score (nSPS) is 16.6. The number of hydrogen-bond donors (Lipinski definition) is 0. The number of amides is 1. The highest BCUT2D eigenvalue weighted by atomic mass is 35.5. The Hall–Kier alpha value is -1.07. The van der Waals surface area contributed by atoms with E-state index in [0.717, 1.165) is 18.4 Å². The highest BCUT2D eigenvalue weighted by Crippen LogP contribution is 2.32. The molecule has 0 spiro atoms. The molecular formula is C15H20ClNO3S. The van der Waals surface area contributed by atoms with Crippen LogP contribution in [0.5, 0.6) is 0 Å². The minimum atomic E-state index is -3.13. The number of carbonyl (C=O) groups excluding carboxylic acids is 1. The van der Waals surface area contributed by atoms with Crippen molar-refractivity contribution in [3.05, 3.63) is 34.3 Å². The molecule has 1 aliphatic rings. The Kier molecular flexibility index (Phi) is 4.63. The topological polar surface area (TPSA) is 54.5 Å². The first-order chi connectivity index (χ1) is 9.69. The monoisotopic (exact) mass is 329 g/mol. The summed E-state index contributed by atoms with van der Waals surface area (Å²) in [7, 11) is -3.13. The summed E-state index contributed by atoms with van der Waals surface area (Å²) in [6, 6.07) is 5.08. The van der Waals surface area contributed by atoms with Gasteiger partial charge in [0.2, 0.25) is 0 Å². The number of rotatable bonds is 5. The fourth-order valence-electron chi connectivity index (χ4n) is 2.53. The van der Waals surface area contributed by atoms with Crippen LogP contribution in [0.3, 0.4) is 0 Å². The second-order valence-corrected chi connectivity index (χ2v) is 8.46. The van der Waals surface area contributed by atoms with Crippen molar-refractivity contribution < 1.29 is 13.2 Å². The molecule has 4 nitrogen and oxygen atoms in total. The zero-order valence-electron chi connectivity index (χ0n) is 12.5. The summed E-state index contributed by atoms with van der Waals surface area (Å²) in [5.74, 6) is -0.211. The van der Waals surface area contributed by atoms with Crippen LogP contribution in [0, 0.1) is 6.92 Å². The number of halogens is 1. The number of hydrogen-bond acceptors (Lipinski definition) is 3. The Morgan fingerprint density at radius 2 is 2.05 bits per heavy atom. The molecular weight excluding hydrogens is 310 g/mol. The van der Waals surface area contributed by atoms with E-state index in [1.807, 2.05) is 13.0 Å². The van der Waals surface area contributed by atoms with E-state index in [4.69, 9.17) is 11.6 Å². The van der Waals surface area contributed by atoms with E-state index in [2.05, 4.69) is 0 Å².